The maximum atomic E-state index is 12.8. The fourth-order valence-corrected chi connectivity index (χ4v) is 3.19. The van der Waals surface area contributed by atoms with Crippen LogP contribution < -0.4 is 5.32 Å². The van der Waals surface area contributed by atoms with Crippen LogP contribution in [0.2, 0.25) is 5.02 Å². The summed E-state index contributed by atoms with van der Waals surface area (Å²) in [5.74, 6) is 0.297. The van der Waals surface area contributed by atoms with Crippen molar-refractivity contribution in [2.24, 2.45) is 0 Å². The van der Waals surface area contributed by atoms with E-state index in [0.29, 0.717) is 16.5 Å². The van der Waals surface area contributed by atoms with Gasteiger partial charge >= 0.3 is 0 Å². The molecule has 0 aliphatic carbocycles. The van der Waals surface area contributed by atoms with Crippen molar-refractivity contribution in [2.75, 3.05) is 5.32 Å². The van der Waals surface area contributed by atoms with Gasteiger partial charge in [0.05, 0.1) is 5.69 Å². The molecule has 0 atom stereocenters. The minimum Gasteiger partial charge on any atom is -0.319 e. The average Bonchev–Trinajstić information content (AvgIpc) is 3.17. The Balaban J connectivity index is 1.76. The molecule has 0 spiro atoms. The van der Waals surface area contributed by atoms with Gasteiger partial charge in [-0.05, 0) is 43.2 Å². The molecule has 1 amide bonds. The summed E-state index contributed by atoms with van der Waals surface area (Å²) in [4.78, 5) is 17.4. The number of rotatable bonds is 4. The largest absolute Gasteiger partial charge is 0.319 e. The molecule has 4 aromatic rings. The monoisotopic (exact) mass is 402 g/mol. The number of aromatic nitrogens is 3. The number of carbonyl (C=O) groups excluding carboxylic acids is 1. The molecule has 1 heterocycles. The zero-order valence-corrected chi connectivity index (χ0v) is 16.8. The molecule has 1 aromatic heterocycles. The second kappa shape index (κ2) is 7.89. The van der Waals surface area contributed by atoms with Crippen LogP contribution in [0.3, 0.4) is 0 Å². The number of para-hydroxylation sites is 1. The van der Waals surface area contributed by atoms with E-state index in [2.05, 4.69) is 15.4 Å². The number of anilines is 1. The fourth-order valence-electron chi connectivity index (χ4n) is 3.01. The lowest BCUT2D eigenvalue weighted by Crippen LogP contribution is -2.14. The lowest BCUT2D eigenvalue weighted by molar-refractivity contribution is 0.101. The summed E-state index contributed by atoms with van der Waals surface area (Å²) in [5, 5.41) is 7.93. The molecule has 0 fully saturated rings. The first-order valence-electron chi connectivity index (χ1n) is 9.19. The number of benzene rings is 3. The van der Waals surface area contributed by atoms with E-state index in [9.17, 15) is 4.79 Å². The van der Waals surface area contributed by atoms with Crippen LogP contribution in [0.15, 0.2) is 72.8 Å². The summed E-state index contributed by atoms with van der Waals surface area (Å²) in [6.07, 6.45) is 0. The van der Waals surface area contributed by atoms with Crippen LogP contribution in [0.4, 0.5) is 5.69 Å². The van der Waals surface area contributed by atoms with Crippen LogP contribution in [0.1, 0.15) is 21.7 Å². The molecule has 144 valence electrons. The minimum absolute atomic E-state index is 0.0869. The lowest BCUT2D eigenvalue weighted by atomic mass is 10.2. The number of hydrogen-bond donors (Lipinski definition) is 1. The number of hydrogen-bond acceptors (Lipinski definition) is 3. The van der Waals surface area contributed by atoms with Crippen LogP contribution >= 0.6 is 11.6 Å². The van der Waals surface area contributed by atoms with Crippen molar-refractivity contribution < 1.29 is 4.79 Å². The smallest absolute Gasteiger partial charge is 0.295 e. The van der Waals surface area contributed by atoms with E-state index >= 15 is 0 Å². The van der Waals surface area contributed by atoms with E-state index in [1.165, 1.54) is 0 Å². The molecule has 6 heteroatoms. The molecule has 0 saturated carbocycles. The maximum Gasteiger partial charge on any atom is 0.295 e. The fraction of sp³-hybridized carbons (Fsp3) is 0.0870. The summed E-state index contributed by atoms with van der Waals surface area (Å²) >= 11 is 6.16. The van der Waals surface area contributed by atoms with Gasteiger partial charge in [0.15, 0.2) is 5.82 Å². The van der Waals surface area contributed by atoms with Crippen molar-refractivity contribution in [1.29, 1.82) is 0 Å². The molecule has 29 heavy (non-hydrogen) atoms. The molecule has 0 aliphatic rings. The van der Waals surface area contributed by atoms with Gasteiger partial charge in [-0.15, -0.1) is 5.10 Å². The zero-order chi connectivity index (χ0) is 20.4. The Morgan fingerprint density at radius 2 is 1.66 bits per heavy atom. The molecule has 3 aromatic carbocycles. The number of aryl methyl sites for hydroxylation is 2. The Kier molecular flexibility index (Phi) is 5.14. The molecule has 4 rings (SSSR count). The first-order valence-corrected chi connectivity index (χ1v) is 9.57. The van der Waals surface area contributed by atoms with Crippen LogP contribution in [-0.4, -0.2) is 20.7 Å². The standard InChI is InChI=1S/C23H19ClN4O/c1-15-12-13-18(14-19(15)24)25-23(29)21-26-22(17-9-4-3-5-10-17)28(27-21)20-11-7-6-8-16(20)2/h3-14H,1-2H3,(H,25,29). The van der Waals surface area contributed by atoms with Crippen molar-refractivity contribution in [1.82, 2.24) is 14.8 Å². The molecule has 0 unspecified atom stereocenters. The van der Waals surface area contributed by atoms with E-state index in [-0.39, 0.29) is 5.82 Å². The van der Waals surface area contributed by atoms with Gasteiger partial charge in [0.1, 0.15) is 0 Å². The lowest BCUT2D eigenvalue weighted by Gasteiger charge is -2.08. The Bertz CT molecular complexity index is 1180. The maximum absolute atomic E-state index is 12.8. The van der Waals surface area contributed by atoms with E-state index < -0.39 is 5.91 Å². The quantitative estimate of drug-likeness (QED) is 0.493. The Morgan fingerprint density at radius 3 is 2.38 bits per heavy atom. The predicted molar refractivity (Wildman–Crippen MR) is 116 cm³/mol. The Hall–Kier alpha value is -3.44. The molecule has 0 radical (unpaired) electrons. The van der Waals surface area contributed by atoms with Gasteiger partial charge in [-0.25, -0.2) is 9.67 Å². The molecule has 0 bridgehead atoms. The summed E-state index contributed by atoms with van der Waals surface area (Å²) in [7, 11) is 0. The Morgan fingerprint density at radius 1 is 0.931 bits per heavy atom. The van der Waals surface area contributed by atoms with Crippen LogP contribution in [0, 0.1) is 13.8 Å². The third-order valence-electron chi connectivity index (χ3n) is 4.62. The van der Waals surface area contributed by atoms with Crippen LogP contribution in [-0.2, 0) is 0 Å². The first kappa shape index (κ1) is 18.9. The number of carbonyl (C=O) groups is 1. The number of nitrogens with zero attached hydrogens (tertiary/aromatic N) is 3. The van der Waals surface area contributed by atoms with Gasteiger partial charge in [0, 0.05) is 16.3 Å². The molecule has 0 aliphatic heterocycles. The molecular weight excluding hydrogens is 384 g/mol. The van der Waals surface area contributed by atoms with Crippen LogP contribution in [0.25, 0.3) is 17.1 Å². The normalized spacial score (nSPS) is 10.7. The third-order valence-corrected chi connectivity index (χ3v) is 5.02. The first-order chi connectivity index (χ1) is 14.0. The third kappa shape index (κ3) is 3.91. The van der Waals surface area contributed by atoms with Gasteiger partial charge in [-0.3, -0.25) is 4.79 Å². The van der Waals surface area contributed by atoms with E-state index in [1.807, 2.05) is 74.5 Å². The topological polar surface area (TPSA) is 59.8 Å². The highest BCUT2D eigenvalue weighted by Gasteiger charge is 2.19. The minimum atomic E-state index is -0.394. The number of amides is 1. The van der Waals surface area contributed by atoms with Gasteiger partial charge in [-0.1, -0.05) is 66.2 Å². The van der Waals surface area contributed by atoms with Crippen molar-refractivity contribution in [3.8, 4) is 17.1 Å². The highest BCUT2D eigenvalue weighted by Crippen LogP contribution is 2.24. The van der Waals surface area contributed by atoms with Crippen molar-refractivity contribution in [3.05, 3.63) is 94.8 Å². The molecule has 5 nitrogen and oxygen atoms in total. The van der Waals surface area contributed by atoms with Gasteiger partial charge in [-0.2, -0.15) is 0 Å². The predicted octanol–water partition coefficient (Wildman–Crippen LogP) is 5.46. The van der Waals surface area contributed by atoms with Gasteiger partial charge in [0.25, 0.3) is 5.91 Å². The number of halogens is 1. The Labute approximate surface area is 174 Å². The summed E-state index contributed by atoms with van der Waals surface area (Å²) in [6.45, 7) is 3.91. The molecular formula is C23H19ClN4O. The zero-order valence-electron chi connectivity index (χ0n) is 16.1. The second-order valence-corrected chi connectivity index (χ2v) is 7.15. The molecule has 1 N–H and O–H groups in total. The van der Waals surface area contributed by atoms with Crippen molar-refractivity contribution in [3.63, 3.8) is 0 Å². The SMILES string of the molecule is Cc1ccc(NC(=O)c2nc(-c3ccccc3)n(-c3ccccc3C)n2)cc1Cl. The van der Waals surface area contributed by atoms with E-state index in [1.54, 1.807) is 16.8 Å². The summed E-state index contributed by atoms with van der Waals surface area (Å²) < 4.78 is 1.71. The second-order valence-electron chi connectivity index (χ2n) is 6.74. The van der Waals surface area contributed by atoms with Gasteiger partial charge < -0.3 is 5.32 Å². The van der Waals surface area contributed by atoms with Crippen molar-refractivity contribution in [2.45, 2.75) is 13.8 Å². The van der Waals surface area contributed by atoms with Crippen LogP contribution in [0.5, 0.6) is 0 Å². The average molecular weight is 403 g/mol. The van der Waals surface area contributed by atoms with Crippen molar-refractivity contribution >= 4 is 23.2 Å². The number of nitrogens with one attached hydrogen (secondary N) is 1. The molecule has 0 saturated heterocycles. The summed E-state index contributed by atoms with van der Waals surface area (Å²) in [6, 6.07) is 22.9. The summed E-state index contributed by atoms with van der Waals surface area (Å²) in [5.41, 5.74) is 4.32. The highest BCUT2D eigenvalue weighted by molar-refractivity contribution is 6.31. The highest BCUT2D eigenvalue weighted by atomic mass is 35.5. The van der Waals surface area contributed by atoms with Gasteiger partial charge in [0.2, 0.25) is 5.82 Å². The van der Waals surface area contributed by atoms with E-state index in [4.69, 9.17) is 11.6 Å². The van der Waals surface area contributed by atoms with E-state index in [0.717, 1.165) is 22.4 Å².